The molecule has 2 rings (SSSR count). The molecule has 0 aromatic heterocycles. The third-order valence-electron chi connectivity index (χ3n) is 3.21. The van der Waals surface area contributed by atoms with E-state index in [2.05, 4.69) is 31.2 Å². The van der Waals surface area contributed by atoms with Gasteiger partial charge in [-0.15, -0.1) is 0 Å². The molecule has 0 fully saturated rings. The maximum absolute atomic E-state index is 12.9. The lowest BCUT2D eigenvalue weighted by molar-refractivity contribution is 0.462. The van der Waals surface area contributed by atoms with Gasteiger partial charge in [0, 0.05) is 5.54 Å². The van der Waals surface area contributed by atoms with Gasteiger partial charge in [0.05, 0.1) is 0 Å². The van der Waals surface area contributed by atoms with Crippen molar-refractivity contribution in [2.45, 2.75) is 32.2 Å². The fourth-order valence-electron chi connectivity index (χ4n) is 2.42. The van der Waals surface area contributed by atoms with E-state index in [1.54, 1.807) is 12.1 Å². The Balaban J connectivity index is 2.07. The van der Waals surface area contributed by atoms with Gasteiger partial charge in [0.2, 0.25) is 0 Å². The number of benzene rings is 2. The molecule has 1 atom stereocenters. The molecule has 0 saturated carbocycles. The number of rotatable bonds is 4. The Bertz CT molecular complexity index is 543. The molecule has 2 N–H and O–H groups in total. The highest BCUT2D eigenvalue weighted by Crippen LogP contribution is 2.17. The van der Waals surface area contributed by atoms with Crippen molar-refractivity contribution in [3.63, 3.8) is 0 Å². The van der Waals surface area contributed by atoms with E-state index < -0.39 is 0 Å². The lowest BCUT2D eigenvalue weighted by Gasteiger charge is -2.25. The van der Waals surface area contributed by atoms with Gasteiger partial charge in [-0.1, -0.05) is 42.0 Å². The van der Waals surface area contributed by atoms with Crippen LogP contribution in [0.1, 0.15) is 23.6 Å². The van der Waals surface area contributed by atoms with Crippen LogP contribution in [0.5, 0.6) is 0 Å². The van der Waals surface area contributed by atoms with E-state index in [9.17, 15) is 4.39 Å². The Hall–Kier alpha value is -1.67. The standard InChI is InChI=1S/C17H20FN/c1-13-4-3-5-15(10-13)12-17(2,19)11-14-6-8-16(18)9-7-14/h3-10H,11-12,19H2,1-2H3. The molecule has 0 aliphatic carbocycles. The monoisotopic (exact) mass is 257 g/mol. The van der Waals surface area contributed by atoms with Gasteiger partial charge in [0.1, 0.15) is 5.82 Å². The van der Waals surface area contributed by atoms with Crippen LogP contribution in [0.15, 0.2) is 48.5 Å². The van der Waals surface area contributed by atoms with E-state index in [0.717, 1.165) is 18.4 Å². The van der Waals surface area contributed by atoms with Crippen molar-refractivity contribution in [3.8, 4) is 0 Å². The Morgan fingerprint density at radius 3 is 2.26 bits per heavy atom. The zero-order chi connectivity index (χ0) is 13.9. The number of nitrogens with two attached hydrogens (primary N) is 1. The third kappa shape index (κ3) is 4.18. The number of halogens is 1. The fraction of sp³-hybridized carbons (Fsp3) is 0.294. The molecule has 100 valence electrons. The highest BCUT2D eigenvalue weighted by Gasteiger charge is 2.19. The van der Waals surface area contributed by atoms with E-state index in [1.165, 1.54) is 23.3 Å². The van der Waals surface area contributed by atoms with Crippen LogP contribution in [-0.4, -0.2) is 5.54 Å². The second kappa shape index (κ2) is 5.54. The van der Waals surface area contributed by atoms with Crippen LogP contribution in [0.4, 0.5) is 4.39 Å². The van der Waals surface area contributed by atoms with E-state index in [0.29, 0.717) is 0 Å². The predicted octanol–water partition coefficient (Wildman–Crippen LogP) is 3.64. The van der Waals surface area contributed by atoms with Gasteiger partial charge in [-0.3, -0.25) is 0 Å². The molecular weight excluding hydrogens is 237 g/mol. The molecule has 0 spiro atoms. The van der Waals surface area contributed by atoms with Gasteiger partial charge >= 0.3 is 0 Å². The lowest BCUT2D eigenvalue weighted by Crippen LogP contribution is -2.40. The van der Waals surface area contributed by atoms with Gasteiger partial charge in [-0.05, 0) is 49.9 Å². The van der Waals surface area contributed by atoms with Gasteiger partial charge in [0.15, 0.2) is 0 Å². The Kier molecular flexibility index (Phi) is 4.01. The SMILES string of the molecule is Cc1cccc(CC(C)(N)Cc2ccc(F)cc2)c1. The van der Waals surface area contributed by atoms with Crippen molar-refractivity contribution >= 4 is 0 Å². The second-order valence-corrected chi connectivity index (χ2v) is 5.62. The van der Waals surface area contributed by atoms with Crippen LogP contribution in [0.2, 0.25) is 0 Å². The van der Waals surface area contributed by atoms with Crippen molar-refractivity contribution in [2.24, 2.45) is 5.73 Å². The van der Waals surface area contributed by atoms with Crippen molar-refractivity contribution in [1.82, 2.24) is 0 Å². The number of aryl methyl sites for hydroxylation is 1. The molecule has 19 heavy (non-hydrogen) atoms. The highest BCUT2D eigenvalue weighted by atomic mass is 19.1. The molecule has 1 unspecified atom stereocenters. The largest absolute Gasteiger partial charge is 0.325 e. The first-order valence-electron chi connectivity index (χ1n) is 6.53. The van der Waals surface area contributed by atoms with E-state index in [1.807, 2.05) is 6.92 Å². The van der Waals surface area contributed by atoms with Gasteiger partial charge in [-0.2, -0.15) is 0 Å². The van der Waals surface area contributed by atoms with Crippen LogP contribution >= 0.6 is 0 Å². The number of hydrogen-bond acceptors (Lipinski definition) is 1. The Labute approximate surface area is 114 Å². The normalized spacial score (nSPS) is 14.1. The summed E-state index contributed by atoms with van der Waals surface area (Å²) in [7, 11) is 0. The summed E-state index contributed by atoms with van der Waals surface area (Å²) in [4.78, 5) is 0. The average Bonchev–Trinajstić information content (AvgIpc) is 2.31. The first-order valence-corrected chi connectivity index (χ1v) is 6.53. The summed E-state index contributed by atoms with van der Waals surface area (Å²) in [5.74, 6) is -0.207. The van der Waals surface area contributed by atoms with Crippen LogP contribution < -0.4 is 5.73 Å². The summed E-state index contributed by atoms with van der Waals surface area (Å²) in [6, 6.07) is 15.0. The minimum Gasteiger partial charge on any atom is -0.325 e. The smallest absolute Gasteiger partial charge is 0.123 e. The molecule has 0 amide bonds. The molecule has 0 saturated heterocycles. The van der Waals surface area contributed by atoms with Crippen molar-refractivity contribution in [3.05, 3.63) is 71.0 Å². The zero-order valence-electron chi connectivity index (χ0n) is 11.5. The minimum absolute atomic E-state index is 0.207. The van der Waals surface area contributed by atoms with E-state index >= 15 is 0 Å². The van der Waals surface area contributed by atoms with E-state index in [-0.39, 0.29) is 11.4 Å². The van der Waals surface area contributed by atoms with Crippen LogP contribution in [0.3, 0.4) is 0 Å². The molecule has 0 aliphatic rings. The second-order valence-electron chi connectivity index (χ2n) is 5.62. The molecule has 1 nitrogen and oxygen atoms in total. The molecule has 2 aromatic carbocycles. The molecule has 0 bridgehead atoms. The molecule has 2 aromatic rings. The van der Waals surface area contributed by atoms with Crippen LogP contribution in [0, 0.1) is 12.7 Å². The number of hydrogen-bond donors (Lipinski definition) is 1. The molecule has 0 aliphatic heterocycles. The van der Waals surface area contributed by atoms with Crippen molar-refractivity contribution < 1.29 is 4.39 Å². The van der Waals surface area contributed by atoms with E-state index in [4.69, 9.17) is 5.73 Å². The summed E-state index contributed by atoms with van der Waals surface area (Å²) < 4.78 is 12.9. The van der Waals surface area contributed by atoms with Gasteiger partial charge < -0.3 is 5.73 Å². The highest BCUT2D eigenvalue weighted by molar-refractivity contribution is 5.25. The molecule has 0 heterocycles. The molecular formula is C17H20FN. The predicted molar refractivity (Wildman–Crippen MR) is 77.6 cm³/mol. The summed E-state index contributed by atoms with van der Waals surface area (Å²) in [6.07, 6.45) is 1.55. The summed E-state index contributed by atoms with van der Waals surface area (Å²) in [5, 5.41) is 0. The Morgan fingerprint density at radius 2 is 1.63 bits per heavy atom. The van der Waals surface area contributed by atoms with Crippen molar-refractivity contribution in [1.29, 1.82) is 0 Å². The topological polar surface area (TPSA) is 26.0 Å². The first-order chi connectivity index (χ1) is 8.94. The summed E-state index contributed by atoms with van der Waals surface area (Å²) in [6.45, 7) is 4.12. The zero-order valence-corrected chi connectivity index (χ0v) is 11.5. The van der Waals surface area contributed by atoms with Gasteiger partial charge in [0.25, 0.3) is 0 Å². The summed E-state index contributed by atoms with van der Waals surface area (Å²) in [5.41, 5.74) is 9.60. The molecule has 0 radical (unpaired) electrons. The minimum atomic E-state index is -0.328. The third-order valence-corrected chi connectivity index (χ3v) is 3.21. The lowest BCUT2D eigenvalue weighted by atomic mass is 9.87. The van der Waals surface area contributed by atoms with Gasteiger partial charge in [-0.25, -0.2) is 4.39 Å². The van der Waals surface area contributed by atoms with Crippen LogP contribution in [0.25, 0.3) is 0 Å². The molecule has 2 heteroatoms. The first kappa shape index (κ1) is 13.8. The Morgan fingerprint density at radius 1 is 1.00 bits per heavy atom. The summed E-state index contributed by atoms with van der Waals surface area (Å²) >= 11 is 0. The average molecular weight is 257 g/mol. The van der Waals surface area contributed by atoms with Crippen LogP contribution in [-0.2, 0) is 12.8 Å². The maximum atomic E-state index is 12.9. The maximum Gasteiger partial charge on any atom is 0.123 e. The van der Waals surface area contributed by atoms with Crippen molar-refractivity contribution in [2.75, 3.05) is 0 Å². The quantitative estimate of drug-likeness (QED) is 0.889. The fourth-order valence-corrected chi connectivity index (χ4v) is 2.42.